The topological polar surface area (TPSA) is 26.0 Å². The zero-order valence-corrected chi connectivity index (χ0v) is 13.8. The Bertz CT molecular complexity index is 1000. The van der Waals surface area contributed by atoms with Crippen molar-refractivity contribution >= 4 is 11.3 Å². The summed E-state index contributed by atoms with van der Waals surface area (Å²) in [6.07, 6.45) is 5.65. The molecule has 0 bridgehead atoms. The molecule has 0 amide bonds. The quantitative estimate of drug-likeness (QED) is 0.462. The third-order valence-corrected chi connectivity index (χ3v) is 5.54. The molecule has 0 saturated heterocycles. The van der Waals surface area contributed by atoms with Gasteiger partial charge in [0.25, 0.3) is 0 Å². The maximum Gasteiger partial charge on any atom is 0.0981 e. The van der Waals surface area contributed by atoms with Crippen LogP contribution in [0.2, 0.25) is 0 Å². The molecule has 1 aliphatic carbocycles. The molecule has 1 aromatic carbocycles. The first kappa shape index (κ1) is 13.8. The van der Waals surface area contributed by atoms with Crippen LogP contribution in [0.5, 0.6) is 0 Å². The molecule has 0 radical (unpaired) electrons. The maximum absolute atomic E-state index is 5.34. The summed E-state index contributed by atoms with van der Waals surface area (Å²) in [6, 6.07) is 17.1. The third-order valence-electron chi connectivity index (χ3n) is 4.65. The van der Waals surface area contributed by atoms with Crippen LogP contribution in [-0.2, 0) is 12.8 Å². The van der Waals surface area contributed by atoms with Gasteiger partial charge in [0.15, 0.2) is 0 Å². The molecule has 0 spiro atoms. The van der Waals surface area contributed by atoms with E-state index in [0.29, 0.717) is 0 Å². The molecule has 116 valence electrons. The van der Waals surface area contributed by atoms with Crippen molar-refractivity contribution in [3.05, 3.63) is 77.6 Å². The van der Waals surface area contributed by atoms with E-state index in [1.54, 1.807) is 17.6 Å². The fourth-order valence-corrected chi connectivity index (χ4v) is 4.19. The van der Waals surface area contributed by atoms with Gasteiger partial charge in [-0.05, 0) is 53.1 Å². The van der Waals surface area contributed by atoms with Crippen molar-refractivity contribution in [1.82, 2.24) is 4.98 Å². The van der Waals surface area contributed by atoms with Crippen LogP contribution in [0.25, 0.3) is 33.0 Å². The van der Waals surface area contributed by atoms with E-state index < -0.39 is 0 Å². The monoisotopic (exact) mass is 329 g/mol. The molecule has 0 saturated carbocycles. The van der Waals surface area contributed by atoms with Crippen LogP contribution in [0.1, 0.15) is 11.1 Å². The summed E-state index contributed by atoms with van der Waals surface area (Å²) in [5.74, 6) is 0. The van der Waals surface area contributed by atoms with Crippen LogP contribution in [-0.4, -0.2) is 4.98 Å². The molecule has 1 aliphatic rings. The number of pyridine rings is 1. The van der Waals surface area contributed by atoms with Crippen molar-refractivity contribution in [3.63, 3.8) is 0 Å². The van der Waals surface area contributed by atoms with Gasteiger partial charge in [0.1, 0.15) is 0 Å². The highest BCUT2D eigenvalue weighted by Crippen LogP contribution is 2.40. The molecule has 3 heteroatoms. The Labute approximate surface area is 144 Å². The standard InChI is InChI=1S/C21H15NOS/c1-2-5-16-14(4-1)7-8-17-18(15-9-10-23-13-15)12-19(22-21(16)17)20-6-3-11-24-20/h1-6,9-13H,7-8H2. The molecule has 0 N–H and O–H groups in total. The Morgan fingerprint density at radius 3 is 2.75 bits per heavy atom. The Kier molecular flexibility index (Phi) is 3.13. The predicted molar refractivity (Wildman–Crippen MR) is 98.1 cm³/mol. The molecule has 24 heavy (non-hydrogen) atoms. The minimum atomic E-state index is 1.02. The Balaban J connectivity index is 1.82. The Morgan fingerprint density at radius 1 is 0.958 bits per heavy atom. The van der Waals surface area contributed by atoms with Gasteiger partial charge in [-0.2, -0.15) is 0 Å². The number of benzene rings is 1. The summed E-state index contributed by atoms with van der Waals surface area (Å²) in [4.78, 5) is 6.25. The number of nitrogens with zero attached hydrogens (tertiary/aromatic N) is 1. The van der Waals surface area contributed by atoms with Crippen molar-refractivity contribution in [2.45, 2.75) is 12.8 Å². The Hall–Kier alpha value is -2.65. The highest BCUT2D eigenvalue weighted by atomic mass is 32.1. The van der Waals surface area contributed by atoms with Gasteiger partial charge < -0.3 is 4.42 Å². The molecular formula is C21H15NOS. The summed E-state index contributed by atoms with van der Waals surface area (Å²) >= 11 is 1.73. The van der Waals surface area contributed by atoms with Gasteiger partial charge >= 0.3 is 0 Å². The van der Waals surface area contributed by atoms with E-state index in [4.69, 9.17) is 9.40 Å². The number of fused-ring (bicyclic) bond motifs is 3. The van der Waals surface area contributed by atoms with E-state index in [0.717, 1.165) is 29.8 Å². The lowest BCUT2D eigenvalue weighted by atomic mass is 9.85. The van der Waals surface area contributed by atoms with Crippen molar-refractivity contribution in [2.75, 3.05) is 0 Å². The van der Waals surface area contributed by atoms with Crippen LogP contribution in [0, 0.1) is 0 Å². The number of hydrogen-bond donors (Lipinski definition) is 0. The van der Waals surface area contributed by atoms with Gasteiger partial charge in [-0.3, -0.25) is 0 Å². The van der Waals surface area contributed by atoms with E-state index in [9.17, 15) is 0 Å². The number of hydrogen-bond acceptors (Lipinski definition) is 3. The lowest BCUT2D eigenvalue weighted by molar-refractivity contribution is 0.568. The number of furan rings is 1. The second kappa shape index (κ2) is 5.46. The lowest BCUT2D eigenvalue weighted by Gasteiger charge is -2.22. The lowest BCUT2D eigenvalue weighted by Crippen LogP contribution is -2.08. The molecule has 0 fully saturated rings. The summed E-state index contributed by atoms with van der Waals surface area (Å²) < 4.78 is 5.34. The molecule has 0 atom stereocenters. The maximum atomic E-state index is 5.34. The van der Waals surface area contributed by atoms with E-state index in [-0.39, 0.29) is 0 Å². The van der Waals surface area contributed by atoms with Gasteiger partial charge in [0, 0.05) is 11.1 Å². The van der Waals surface area contributed by atoms with E-state index in [1.165, 1.54) is 27.1 Å². The molecule has 4 aromatic rings. The average Bonchev–Trinajstić information content (AvgIpc) is 3.34. The zero-order valence-electron chi connectivity index (χ0n) is 13.0. The number of thiophene rings is 1. The highest BCUT2D eigenvalue weighted by Gasteiger charge is 2.22. The third kappa shape index (κ3) is 2.13. The molecule has 3 aromatic heterocycles. The molecule has 5 rings (SSSR count). The SMILES string of the molecule is c1csc(-c2cc(-c3ccoc3)c3c(n2)-c2ccccc2CC3)c1. The normalized spacial score (nSPS) is 12.7. The number of aryl methyl sites for hydroxylation is 1. The van der Waals surface area contributed by atoms with Crippen molar-refractivity contribution in [2.24, 2.45) is 0 Å². The van der Waals surface area contributed by atoms with Gasteiger partial charge in [0.05, 0.1) is 28.8 Å². The minimum absolute atomic E-state index is 1.02. The first-order chi connectivity index (χ1) is 11.9. The van der Waals surface area contributed by atoms with Crippen molar-refractivity contribution in [1.29, 1.82) is 0 Å². The van der Waals surface area contributed by atoms with Crippen LogP contribution in [0.15, 0.2) is 70.9 Å². The van der Waals surface area contributed by atoms with Crippen LogP contribution in [0.3, 0.4) is 0 Å². The Morgan fingerprint density at radius 2 is 1.92 bits per heavy atom. The molecular weight excluding hydrogens is 314 g/mol. The second-order valence-electron chi connectivity index (χ2n) is 6.03. The largest absolute Gasteiger partial charge is 0.472 e. The van der Waals surface area contributed by atoms with Crippen LogP contribution >= 0.6 is 11.3 Å². The van der Waals surface area contributed by atoms with Crippen molar-refractivity contribution < 1.29 is 4.42 Å². The molecule has 0 unspecified atom stereocenters. The minimum Gasteiger partial charge on any atom is -0.472 e. The van der Waals surface area contributed by atoms with Crippen LogP contribution in [0.4, 0.5) is 0 Å². The van der Waals surface area contributed by atoms with Crippen molar-refractivity contribution in [3.8, 4) is 33.0 Å². The van der Waals surface area contributed by atoms with E-state index in [1.807, 2.05) is 12.3 Å². The summed E-state index contributed by atoms with van der Waals surface area (Å²) in [5.41, 5.74) is 8.52. The fourth-order valence-electron chi connectivity index (χ4n) is 3.50. The number of rotatable bonds is 2. The first-order valence-corrected chi connectivity index (χ1v) is 8.97. The number of aromatic nitrogens is 1. The van der Waals surface area contributed by atoms with Gasteiger partial charge in [-0.25, -0.2) is 4.98 Å². The predicted octanol–water partition coefficient (Wildman–Crippen LogP) is 5.84. The smallest absolute Gasteiger partial charge is 0.0981 e. The van der Waals surface area contributed by atoms with E-state index in [2.05, 4.69) is 47.8 Å². The second-order valence-corrected chi connectivity index (χ2v) is 6.98. The summed E-state index contributed by atoms with van der Waals surface area (Å²) in [6.45, 7) is 0. The van der Waals surface area contributed by atoms with Gasteiger partial charge in [0.2, 0.25) is 0 Å². The summed E-state index contributed by atoms with van der Waals surface area (Å²) in [5, 5.41) is 2.10. The fraction of sp³-hybridized carbons (Fsp3) is 0.0952. The first-order valence-electron chi connectivity index (χ1n) is 8.09. The molecule has 0 aliphatic heterocycles. The molecule has 2 nitrogen and oxygen atoms in total. The van der Waals surface area contributed by atoms with E-state index >= 15 is 0 Å². The van der Waals surface area contributed by atoms with Crippen LogP contribution < -0.4 is 0 Å². The van der Waals surface area contributed by atoms with Gasteiger partial charge in [-0.1, -0.05) is 30.3 Å². The average molecular weight is 329 g/mol. The summed E-state index contributed by atoms with van der Waals surface area (Å²) in [7, 11) is 0. The van der Waals surface area contributed by atoms with Gasteiger partial charge in [-0.15, -0.1) is 11.3 Å². The highest BCUT2D eigenvalue weighted by molar-refractivity contribution is 7.13. The molecule has 3 heterocycles. The zero-order chi connectivity index (χ0) is 15.9.